The molecule has 0 spiro atoms. The molecule has 2 aromatic carbocycles. The highest BCUT2D eigenvalue weighted by molar-refractivity contribution is 6.04. The number of benzene rings is 2. The van der Waals surface area contributed by atoms with Gasteiger partial charge in [-0.25, -0.2) is 0 Å². The maximum atomic E-state index is 12.9. The van der Waals surface area contributed by atoms with Gasteiger partial charge in [0.25, 0.3) is 5.91 Å². The number of Topliss-reactive ketones (excluding diaryl/α,β-unsaturated/α-hetero) is 1. The summed E-state index contributed by atoms with van der Waals surface area (Å²) in [5.41, 5.74) is 2.49. The molecule has 0 unspecified atom stereocenters. The number of fused-ring (bicyclic) bond motifs is 1. The van der Waals surface area contributed by atoms with Gasteiger partial charge in [0.1, 0.15) is 5.75 Å². The number of hydrogen-bond donors (Lipinski definition) is 0. The van der Waals surface area contributed by atoms with Crippen LogP contribution in [-0.2, 0) is 11.3 Å². The van der Waals surface area contributed by atoms with E-state index in [1.807, 2.05) is 31.2 Å². The number of rotatable bonds is 3. The van der Waals surface area contributed by atoms with Crippen molar-refractivity contribution in [2.24, 2.45) is 0 Å². The second kappa shape index (κ2) is 5.78. The summed E-state index contributed by atoms with van der Waals surface area (Å²) in [6.07, 6.45) is 0. The minimum Gasteiger partial charge on any atom is -0.476 e. The second-order valence-electron chi connectivity index (χ2n) is 6.73. The predicted octanol–water partition coefficient (Wildman–Crippen LogP) is 3.90. The topological polar surface area (TPSA) is 46.6 Å². The smallest absolute Gasteiger partial charge is 0.271 e. The lowest BCUT2D eigenvalue weighted by atomic mass is 10.0. The maximum absolute atomic E-state index is 12.9. The molecule has 1 amide bonds. The van der Waals surface area contributed by atoms with Crippen LogP contribution in [0.4, 0.5) is 5.69 Å². The van der Waals surface area contributed by atoms with Crippen molar-refractivity contribution >= 4 is 17.4 Å². The van der Waals surface area contributed by atoms with Crippen LogP contribution in [0, 0.1) is 6.92 Å². The average molecular weight is 323 g/mol. The van der Waals surface area contributed by atoms with Crippen LogP contribution in [0.5, 0.6) is 5.75 Å². The van der Waals surface area contributed by atoms with Gasteiger partial charge in [0.05, 0.1) is 12.2 Å². The monoisotopic (exact) mass is 323 g/mol. The van der Waals surface area contributed by atoms with E-state index in [1.54, 1.807) is 36.9 Å². The molecule has 1 heterocycles. The summed E-state index contributed by atoms with van der Waals surface area (Å²) in [6.45, 7) is 7.52. The Morgan fingerprint density at radius 2 is 1.79 bits per heavy atom. The van der Waals surface area contributed by atoms with Crippen LogP contribution in [0.25, 0.3) is 0 Å². The van der Waals surface area contributed by atoms with E-state index >= 15 is 0 Å². The molecule has 0 bridgehead atoms. The summed E-state index contributed by atoms with van der Waals surface area (Å²) in [6, 6.07) is 13.3. The SMILES string of the molecule is CC(=O)c1ccc2c(c1)N(Cc1ccc(C)cc1)C(=O)C(C)(C)O2. The molecule has 0 aliphatic carbocycles. The lowest BCUT2D eigenvalue weighted by molar-refractivity contribution is -0.132. The Hall–Kier alpha value is -2.62. The van der Waals surface area contributed by atoms with Gasteiger partial charge in [-0.15, -0.1) is 0 Å². The number of ether oxygens (including phenoxy) is 1. The van der Waals surface area contributed by atoms with Gasteiger partial charge >= 0.3 is 0 Å². The second-order valence-corrected chi connectivity index (χ2v) is 6.73. The summed E-state index contributed by atoms with van der Waals surface area (Å²) in [7, 11) is 0. The van der Waals surface area contributed by atoms with Crippen molar-refractivity contribution in [2.75, 3.05) is 4.90 Å². The van der Waals surface area contributed by atoms with Gasteiger partial charge in [-0.1, -0.05) is 29.8 Å². The van der Waals surface area contributed by atoms with E-state index in [0.717, 1.165) is 5.56 Å². The van der Waals surface area contributed by atoms with E-state index in [2.05, 4.69) is 0 Å². The zero-order chi connectivity index (χ0) is 17.5. The first-order valence-corrected chi connectivity index (χ1v) is 7.99. The van der Waals surface area contributed by atoms with Crippen molar-refractivity contribution in [3.05, 3.63) is 59.2 Å². The minimum absolute atomic E-state index is 0.0367. The van der Waals surface area contributed by atoms with Crippen LogP contribution in [0.15, 0.2) is 42.5 Å². The summed E-state index contributed by atoms with van der Waals surface area (Å²) in [4.78, 5) is 26.3. The van der Waals surface area contributed by atoms with E-state index in [1.165, 1.54) is 12.5 Å². The quantitative estimate of drug-likeness (QED) is 0.805. The molecule has 0 N–H and O–H groups in total. The predicted molar refractivity (Wildman–Crippen MR) is 93.5 cm³/mol. The normalized spacial score (nSPS) is 15.7. The first-order valence-electron chi connectivity index (χ1n) is 7.99. The first-order chi connectivity index (χ1) is 11.3. The number of hydrogen-bond acceptors (Lipinski definition) is 3. The van der Waals surface area contributed by atoms with Crippen LogP contribution in [0.2, 0.25) is 0 Å². The molecule has 4 heteroatoms. The first kappa shape index (κ1) is 16.2. The third-order valence-electron chi connectivity index (χ3n) is 4.24. The van der Waals surface area contributed by atoms with Crippen LogP contribution >= 0.6 is 0 Å². The Balaban J connectivity index is 2.05. The van der Waals surface area contributed by atoms with E-state index < -0.39 is 5.60 Å². The van der Waals surface area contributed by atoms with Crippen molar-refractivity contribution in [3.8, 4) is 5.75 Å². The number of anilines is 1. The van der Waals surface area contributed by atoms with Gasteiger partial charge in [0.15, 0.2) is 11.4 Å². The number of carbonyl (C=O) groups is 2. The molecule has 0 atom stereocenters. The number of amides is 1. The molecule has 124 valence electrons. The highest BCUT2D eigenvalue weighted by atomic mass is 16.5. The van der Waals surface area contributed by atoms with Gasteiger partial charge in [-0.05, 0) is 51.5 Å². The van der Waals surface area contributed by atoms with E-state index in [4.69, 9.17) is 4.74 Å². The van der Waals surface area contributed by atoms with Gasteiger partial charge in [-0.2, -0.15) is 0 Å². The standard InChI is InChI=1S/C20H21NO3/c1-13-5-7-15(8-6-13)12-21-17-11-16(14(2)22)9-10-18(17)24-20(3,4)19(21)23/h5-11H,12H2,1-4H3. The Kier molecular flexibility index (Phi) is 3.91. The highest BCUT2D eigenvalue weighted by Gasteiger charge is 2.41. The van der Waals surface area contributed by atoms with Crippen molar-refractivity contribution < 1.29 is 14.3 Å². The van der Waals surface area contributed by atoms with Crippen molar-refractivity contribution in [2.45, 2.75) is 39.8 Å². The molecule has 1 aliphatic rings. The van der Waals surface area contributed by atoms with E-state index in [0.29, 0.717) is 23.5 Å². The summed E-state index contributed by atoms with van der Waals surface area (Å²) < 4.78 is 5.85. The van der Waals surface area contributed by atoms with Crippen molar-refractivity contribution in [1.82, 2.24) is 0 Å². The Labute approximate surface area is 142 Å². The minimum atomic E-state index is -0.935. The molecule has 1 aliphatic heterocycles. The van der Waals surface area contributed by atoms with Crippen LogP contribution in [-0.4, -0.2) is 17.3 Å². The van der Waals surface area contributed by atoms with Crippen LogP contribution in [0.1, 0.15) is 42.3 Å². The number of nitrogens with zero attached hydrogens (tertiary/aromatic N) is 1. The Morgan fingerprint density at radius 1 is 1.12 bits per heavy atom. The lowest BCUT2D eigenvalue weighted by Crippen LogP contribution is -2.52. The van der Waals surface area contributed by atoms with E-state index in [9.17, 15) is 9.59 Å². The fourth-order valence-electron chi connectivity index (χ4n) is 2.82. The Morgan fingerprint density at radius 3 is 2.42 bits per heavy atom. The molecular formula is C20H21NO3. The van der Waals surface area contributed by atoms with Crippen LogP contribution < -0.4 is 9.64 Å². The molecule has 0 radical (unpaired) electrons. The number of ketones is 1. The molecular weight excluding hydrogens is 302 g/mol. The van der Waals surface area contributed by atoms with Gasteiger partial charge < -0.3 is 9.64 Å². The molecule has 0 saturated heterocycles. The zero-order valence-corrected chi connectivity index (χ0v) is 14.4. The molecule has 0 saturated carbocycles. The van der Waals surface area contributed by atoms with Gasteiger partial charge in [-0.3, -0.25) is 9.59 Å². The fourth-order valence-corrected chi connectivity index (χ4v) is 2.82. The van der Waals surface area contributed by atoms with Crippen molar-refractivity contribution in [1.29, 1.82) is 0 Å². The third-order valence-corrected chi connectivity index (χ3v) is 4.24. The van der Waals surface area contributed by atoms with Gasteiger partial charge in [0.2, 0.25) is 0 Å². The molecule has 0 aromatic heterocycles. The maximum Gasteiger partial charge on any atom is 0.271 e. The zero-order valence-electron chi connectivity index (χ0n) is 14.4. The van der Waals surface area contributed by atoms with E-state index in [-0.39, 0.29) is 11.7 Å². The number of aryl methyl sites for hydroxylation is 1. The fraction of sp³-hybridized carbons (Fsp3) is 0.300. The number of carbonyl (C=O) groups excluding carboxylic acids is 2. The highest BCUT2D eigenvalue weighted by Crippen LogP contribution is 2.39. The largest absolute Gasteiger partial charge is 0.476 e. The van der Waals surface area contributed by atoms with Crippen LogP contribution in [0.3, 0.4) is 0 Å². The Bertz CT molecular complexity index is 806. The molecule has 2 aromatic rings. The summed E-state index contributed by atoms with van der Waals surface area (Å²) >= 11 is 0. The van der Waals surface area contributed by atoms with Crippen molar-refractivity contribution in [3.63, 3.8) is 0 Å². The lowest BCUT2D eigenvalue weighted by Gasteiger charge is -2.39. The average Bonchev–Trinajstić information content (AvgIpc) is 2.53. The molecule has 3 rings (SSSR count). The summed E-state index contributed by atoms with van der Waals surface area (Å²) in [5.74, 6) is 0.471. The van der Waals surface area contributed by atoms with Gasteiger partial charge in [0, 0.05) is 5.56 Å². The molecule has 0 fully saturated rings. The summed E-state index contributed by atoms with van der Waals surface area (Å²) in [5, 5.41) is 0. The molecule has 4 nitrogen and oxygen atoms in total. The third kappa shape index (κ3) is 2.92. The molecule has 24 heavy (non-hydrogen) atoms.